The first-order chi connectivity index (χ1) is 16.2. The Balaban J connectivity index is 1.87. The molecule has 2 aromatic carbocycles. The third kappa shape index (κ3) is 3.75. The van der Waals surface area contributed by atoms with Crippen LogP contribution in [0.4, 0.5) is 30.6 Å². The highest BCUT2D eigenvalue weighted by atomic mass is 32.2. The second-order valence-electron chi connectivity index (χ2n) is 7.18. The van der Waals surface area contributed by atoms with Crippen molar-refractivity contribution in [2.24, 2.45) is 0 Å². The molecule has 3 aromatic rings. The van der Waals surface area contributed by atoms with Gasteiger partial charge in [0, 0.05) is 24.7 Å². The Morgan fingerprint density at radius 1 is 1.06 bits per heavy atom. The quantitative estimate of drug-likeness (QED) is 0.562. The largest absolute Gasteiger partial charge is 0.497 e. The van der Waals surface area contributed by atoms with E-state index in [1.807, 2.05) is 0 Å². The molecule has 0 aliphatic carbocycles. The lowest BCUT2D eigenvalue weighted by molar-refractivity contribution is 0.253. The molecule has 1 aliphatic heterocycles. The maximum Gasteiger partial charge on any atom is 0.343 e. The Morgan fingerprint density at radius 3 is 2.35 bits per heavy atom. The summed E-state index contributed by atoms with van der Waals surface area (Å²) in [5.41, 5.74) is -0.174. The van der Waals surface area contributed by atoms with Crippen molar-refractivity contribution in [2.75, 3.05) is 35.8 Å². The van der Waals surface area contributed by atoms with Crippen LogP contribution in [0.1, 0.15) is 5.56 Å². The van der Waals surface area contributed by atoms with Gasteiger partial charge in [-0.15, -0.1) is 0 Å². The smallest absolute Gasteiger partial charge is 0.343 e. The van der Waals surface area contributed by atoms with Crippen LogP contribution >= 0.6 is 0 Å². The van der Waals surface area contributed by atoms with E-state index in [2.05, 4.69) is 10.3 Å². The summed E-state index contributed by atoms with van der Waals surface area (Å²) in [7, 11) is -0.126. The molecule has 0 saturated carbocycles. The fraction of sp³-hybridized carbons (Fsp3) is 0.182. The summed E-state index contributed by atoms with van der Waals surface area (Å²) in [6.45, 7) is -0.563. The van der Waals surface area contributed by atoms with Gasteiger partial charge in [-0.2, -0.15) is 4.31 Å². The molecule has 1 aromatic heterocycles. The summed E-state index contributed by atoms with van der Waals surface area (Å²) in [5.74, 6) is -1.72. The number of fused-ring (bicyclic) bond motifs is 1. The van der Waals surface area contributed by atoms with Gasteiger partial charge in [0.15, 0.2) is 0 Å². The number of sulfonamides is 1. The third-order valence-electron chi connectivity index (χ3n) is 5.28. The van der Waals surface area contributed by atoms with Gasteiger partial charge in [-0.25, -0.2) is 27.0 Å². The minimum absolute atomic E-state index is 0.00585. The molecule has 0 bridgehead atoms. The summed E-state index contributed by atoms with van der Waals surface area (Å²) in [6.07, 6.45) is 1.16. The number of hydrogen-bond donors (Lipinski definition) is 1. The van der Waals surface area contributed by atoms with Crippen LogP contribution < -0.4 is 24.0 Å². The van der Waals surface area contributed by atoms with Crippen LogP contribution in [-0.4, -0.2) is 40.7 Å². The standard InChI is InChI=1S/C22H20F2N4O5S/c1-25-18-8-13(11-26-21(18)33-3)28-22(29)27(19-6-4-5-7-20(19)34(28,30)31)12-15-16(23)9-14(32-2)10-17(15)24/h4-11,25H,12H2,1-3H3. The van der Waals surface area contributed by atoms with Gasteiger partial charge in [0.25, 0.3) is 10.0 Å². The number of methoxy groups -OCH3 is 2. The number of pyridine rings is 1. The zero-order valence-corrected chi connectivity index (χ0v) is 19.2. The summed E-state index contributed by atoms with van der Waals surface area (Å²) in [4.78, 5) is 18.4. The maximum absolute atomic E-state index is 14.7. The first-order valence-corrected chi connectivity index (χ1v) is 11.4. The maximum atomic E-state index is 14.7. The Kier molecular flexibility index (Phi) is 6.00. The predicted molar refractivity (Wildman–Crippen MR) is 121 cm³/mol. The van der Waals surface area contributed by atoms with Gasteiger partial charge in [0.1, 0.15) is 22.3 Å². The van der Waals surface area contributed by atoms with E-state index in [0.717, 1.165) is 23.2 Å². The number of para-hydroxylation sites is 1. The van der Waals surface area contributed by atoms with E-state index in [9.17, 15) is 22.0 Å². The monoisotopic (exact) mass is 490 g/mol. The van der Waals surface area contributed by atoms with E-state index in [1.54, 1.807) is 7.05 Å². The van der Waals surface area contributed by atoms with Crippen molar-refractivity contribution in [1.82, 2.24) is 4.98 Å². The molecular weight excluding hydrogens is 470 g/mol. The van der Waals surface area contributed by atoms with Crippen molar-refractivity contribution in [2.45, 2.75) is 11.4 Å². The molecule has 0 radical (unpaired) electrons. The average Bonchev–Trinajstić information content (AvgIpc) is 2.82. The zero-order valence-electron chi connectivity index (χ0n) is 18.4. The lowest BCUT2D eigenvalue weighted by Gasteiger charge is -2.36. The van der Waals surface area contributed by atoms with Crippen molar-refractivity contribution in [3.05, 3.63) is 65.9 Å². The molecule has 0 saturated heterocycles. The molecule has 2 heterocycles. The Morgan fingerprint density at radius 2 is 1.74 bits per heavy atom. The number of carbonyl (C=O) groups excluding carboxylic acids is 1. The van der Waals surface area contributed by atoms with Gasteiger partial charge < -0.3 is 14.8 Å². The van der Waals surface area contributed by atoms with Crippen LogP contribution in [0.25, 0.3) is 0 Å². The fourth-order valence-corrected chi connectivity index (χ4v) is 5.19. The Labute approximate surface area is 194 Å². The Bertz CT molecular complexity index is 1360. The molecule has 1 aliphatic rings. The predicted octanol–water partition coefficient (Wildman–Crippen LogP) is 3.75. The first kappa shape index (κ1) is 23.2. The summed E-state index contributed by atoms with van der Waals surface area (Å²) in [6, 6.07) is 8.05. The van der Waals surface area contributed by atoms with E-state index >= 15 is 0 Å². The molecule has 0 atom stereocenters. The number of nitrogens with one attached hydrogen (secondary N) is 1. The third-order valence-corrected chi connectivity index (χ3v) is 7.03. The number of urea groups is 1. The number of halogens is 2. The Hall–Kier alpha value is -3.93. The van der Waals surface area contributed by atoms with Crippen LogP contribution in [0.3, 0.4) is 0 Å². The van der Waals surface area contributed by atoms with E-state index in [0.29, 0.717) is 9.99 Å². The lowest BCUT2D eigenvalue weighted by atomic mass is 10.1. The first-order valence-electron chi connectivity index (χ1n) is 9.92. The number of carbonyl (C=O) groups is 1. The highest BCUT2D eigenvalue weighted by Gasteiger charge is 2.43. The minimum Gasteiger partial charge on any atom is -0.497 e. The number of ether oxygens (including phenoxy) is 2. The SMILES string of the molecule is CNc1cc(N2C(=O)N(Cc3c(F)cc(OC)cc3F)c3ccccc3S2(=O)=O)cnc1OC. The van der Waals surface area contributed by atoms with Crippen molar-refractivity contribution in [3.63, 3.8) is 0 Å². The molecule has 34 heavy (non-hydrogen) atoms. The normalized spacial score (nSPS) is 14.6. The van der Waals surface area contributed by atoms with Crippen molar-refractivity contribution in [3.8, 4) is 11.6 Å². The number of anilines is 3. The number of rotatable bonds is 6. The van der Waals surface area contributed by atoms with Crippen LogP contribution in [0, 0.1) is 11.6 Å². The molecule has 4 rings (SSSR count). The van der Waals surface area contributed by atoms with Crippen molar-refractivity contribution in [1.29, 1.82) is 0 Å². The van der Waals surface area contributed by atoms with E-state index in [4.69, 9.17) is 9.47 Å². The van der Waals surface area contributed by atoms with Crippen molar-refractivity contribution < 1.29 is 31.5 Å². The molecule has 2 amide bonds. The fourth-order valence-electron chi connectivity index (χ4n) is 3.61. The molecule has 9 nitrogen and oxygen atoms in total. The van der Waals surface area contributed by atoms with Gasteiger partial charge in [-0.1, -0.05) is 12.1 Å². The molecule has 1 N–H and O–H groups in total. The highest BCUT2D eigenvalue weighted by Crippen LogP contribution is 2.39. The van der Waals surface area contributed by atoms with Gasteiger partial charge >= 0.3 is 6.03 Å². The molecular formula is C22H20F2N4O5S. The molecule has 12 heteroatoms. The second-order valence-corrected chi connectivity index (χ2v) is 8.93. The molecule has 0 unspecified atom stereocenters. The second kappa shape index (κ2) is 8.78. The highest BCUT2D eigenvalue weighted by molar-refractivity contribution is 7.94. The van der Waals surface area contributed by atoms with Crippen LogP contribution in [0.2, 0.25) is 0 Å². The lowest BCUT2D eigenvalue weighted by Crippen LogP contribution is -2.51. The van der Waals surface area contributed by atoms with Crippen molar-refractivity contribution >= 4 is 33.1 Å². The van der Waals surface area contributed by atoms with Gasteiger partial charge in [-0.3, -0.25) is 4.90 Å². The number of nitrogens with zero attached hydrogens (tertiary/aromatic N) is 3. The summed E-state index contributed by atoms with van der Waals surface area (Å²) in [5, 5.41) is 2.82. The van der Waals surface area contributed by atoms with Gasteiger partial charge in [-0.05, 0) is 18.2 Å². The number of aromatic nitrogens is 1. The van der Waals surface area contributed by atoms with Crippen LogP contribution in [-0.2, 0) is 16.6 Å². The molecule has 0 fully saturated rings. The minimum atomic E-state index is -4.36. The molecule has 178 valence electrons. The van der Waals surface area contributed by atoms with Crippen LogP contribution in [0.5, 0.6) is 11.6 Å². The van der Waals surface area contributed by atoms with E-state index in [-0.39, 0.29) is 27.9 Å². The van der Waals surface area contributed by atoms with Gasteiger partial charge in [0.05, 0.1) is 44.0 Å². The van der Waals surface area contributed by atoms with E-state index in [1.165, 1.54) is 44.6 Å². The molecule has 0 spiro atoms. The topological polar surface area (TPSA) is 101 Å². The summed E-state index contributed by atoms with van der Waals surface area (Å²) >= 11 is 0. The van der Waals surface area contributed by atoms with E-state index < -0.39 is 39.8 Å². The number of amides is 2. The zero-order chi connectivity index (χ0) is 24.6. The average molecular weight is 490 g/mol. The number of benzene rings is 2. The van der Waals surface area contributed by atoms with Crippen LogP contribution in [0.15, 0.2) is 53.6 Å². The van der Waals surface area contributed by atoms with Gasteiger partial charge in [0.2, 0.25) is 5.88 Å². The number of hydrogen-bond acceptors (Lipinski definition) is 7. The summed E-state index contributed by atoms with van der Waals surface area (Å²) < 4.78 is 66.8.